The van der Waals surface area contributed by atoms with Crippen LogP contribution < -0.4 is 5.32 Å². The van der Waals surface area contributed by atoms with E-state index in [1.54, 1.807) is 11.3 Å². The molecule has 0 fully saturated rings. The van der Waals surface area contributed by atoms with Gasteiger partial charge in [-0.15, -0.1) is 11.3 Å². The molecular formula is C18H25N2OS+. The highest BCUT2D eigenvalue weighted by Gasteiger charge is 2.16. The molecule has 0 aliphatic heterocycles. The standard InChI is InChI=1S/C18H24N2OS/c1-3-11-19-12-18(21)20(13-16-7-5-4-6-8-16)14-17-10-9-15(2)22-17/h4-10,19H,3,11-14H2,1-2H3/p+1. The van der Waals surface area contributed by atoms with Gasteiger partial charge in [0.25, 0.3) is 5.91 Å². The number of carbonyl (C=O) groups is 1. The van der Waals surface area contributed by atoms with Crippen LogP contribution in [0, 0.1) is 6.92 Å². The van der Waals surface area contributed by atoms with Gasteiger partial charge in [-0.2, -0.15) is 0 Å². The monoisotopic (exact) mass is 317 g/mol. The van der Waals surface area contributed by atoms with Crippen molar-refractivity contribution < 1.29 is 10.1 Å². The van der Waals surface area contributed by atoms with E-state index in [0.717, 1.165) is 13.0 Å². The fraction of sp³-hybridized carbons (Fsp3) is 0.389. The third-order valence-electron chi connectivity index (χ3n) is 3.52. The average Bonchev–Trinajstić information content (AvgIpc) is 2.93. The van der Waals surface area contributed by atoms with Crippen LogP contribution in [0.4, 0.5) is 0 Å². The average molecular weight is 317 g/mol. The Hall–Kier alpha value is -1.65. The summed E-state index contributed by atoms with van der Waals surface area (Å²) in [6.07, 6.45) is 1.09. The number of hydrogen-bond acceptors (Lipinski definition) is 2. The van der Waals surface area contributed by atoms with E-state index in [0.29, 0.717) is 19.6 Å². The Balaban J connectivity index is 2.04. The third-order valence-corrected chi connectivity index (χ3v) is 4.51. The SMILES string of the molecule is CCC[NH2+]CC(=O)N(Cc1ccccc1)Cc1ccc(C)s1. The first-order valence-corrected chi connectivity index (χ1v) is 8.69. The zero-order valence-electron chi connectivity index (χ0n) is 13.4. The molecule has 1 aromatic carbocycles. The molecule has 0 aliphatic carbocycles. The molecule has 0 aliphatic rings. The minimum atomic E-state index is 0.211. The predicted octanol–water partition coefficient (Wildman–Crippen LogP) is 2.56. The molecular weight excluding hydrogens is 292 g/mol. The van der Waals surface area contributed by atoms with Gasteiger partial charge in [-0.05, 0) is 31.0 Å². The van der Waals surface area contributed by atoms with Gasteiger partial charge in [0.15, 0.2) is 6.54 Å². The summed E-state index contributed by atoms with van der Waals surface area (Å²) >= 11 is 1.77. The van der Waals surface area contributed by atoms with Crippen molar-refractivity contribution in [3.05, 3.63) is 57.8 Å². The van der Waals surface area contributed by atoms with Crippen LogP contribution in [0.3, 0.4) is 0 Å². The number of carbonyl (C=O) groups excluding carboxylic acids is 1. The molecule has 0 spiro atoms. The van der Waals surface area contributed by atoms with Gasteiger partial charge in [0.2, 0.25) is 0 Å². The molecule has 1 amide bonds. The van der Waals surface area contributed by atoms with Crippen molar-refractivity contribution in [1.82, 2.24) is 4.90 Å². The number of rotatable bonds is 8. The van der Waals surface area contributed by atoms with E-state index in [-0.39, 0.29) is 5.91 Å². The Morgan fingerprint density at radius 3 is 2.55 bits per heavy atom. The van der Waals surface area contributed by atoms with E-state index in [2.05, 4.69) is 43.4 Å². The second-order valence-electron chi connectivity index (χ2n) is 5.53. The molecule has 118 valence electrons. The van der Waals surface area contributed by atoms with Gasteiger partial charge in [0.05, 0.1) is 13.1 Å². The fourth-order valence-electron chi connectivity index (χ4n) is 2.35. The summed E-state index contributed by atoms with van der Waals surface area (Å²) in [4.78, 5) is 17.0. The summed E-state index contributed by atoms with van der Waals surface area (Å²) in [7, 11) is 0. The molecule has 0 saturated heterocycles. The highest BCUT2D eigenvalue weighted by molar-refractivity contribution is 7.11. The first-order valence-electron chi connectivity index (χ1n) is 7.87. The molecule has 22 heavy (non-hydrogen) atoms. The van der Waals surface area contributed by atoms with Crippen molar-refractivity contribution >= 4 is 17.2 Å². The normalized spacial score (nSPS) is 10.6. The molecule has 1 heterocycles. The smallest absolute Gasteiger partial charge is 0.278 e. The van der Waals surface area contributed by atoms with Gasteiger partial charge in [0, 0.05) is 16.3 Å². The molecule has 0 radical (unpaired) electrons. The van der Waals surface area contributed by atoms with Crippen molar-refractivity contribution in [3.63, 3.8) is 0 Å². The minimum absolute atomic E-state index is 0.211. The maximum absolute atomic E-state index is 12.5. The van der Waals surface area contributed by atoms with Crippen LogP contribution in [0.2, 0.25) is 0 Å². The quantitative estimate of drug-likeness (QED) is 0.747. The van der Waals surface area contributed by atoms with Gasteiger partial charge in [-0.1, -0.05) is 37.3 Å². The molecule has 0 bridgehead atoms. The molecule has 0 unspecified atom stereocenters. The number of thiophene rings is 1. The lowest BCUT2D eigenvalue weighted by atomic mass is 10.2. The second-order valence-corrected chi connectivity index (χ2v) is 6.90. The zero-order chi connectivity index (χ0) is 15.8. The van der Waals surface area contributed by atoms with Gasteiger partial charge in [-0.25, -0.2) is 0 Å². The van der Waals surface area contributed by atoms with Gasteiger partial charge in [0.1, 0.15) is 0 Å². The Kier molecular flexibility index (Phi) is 6.62. The molecule has 2 aromatic rings. The molecule has 3 nitrogen and oxygen atoms in total. The highest BCUT2D eigenvalue weighted by Crippen LogP contribution is 2.18. The summed E-state index contributed by atoms with van der Waals surface area (Å²) in [6, 6.07) is 14.5. The van der Waals surface area contributed by atoms with Crippen molar-refractivity contribution in [3.8, 4) is 0 Å². The van der Waals surface area contributed by atoms with E-state index < -0.39 is 0 Å². The second kappa shape index (κ2) is 8.71. The fourth-order valence-corrected chi connectivity index (χ4v) is 3.26. The van der Waals surface area contributed by atoms with E-state index in [4.69, 9.17) is 0 Å². The summed E-state index contributed by atoms with van der Waals surface area (Å²) < 4.78 is 0. The Labute approximate surface area is 137 Å². The van der Waals surface area contributed by atoms with Crippen LogP contribution in [0.1, 0.15) is 28.7 Å². The maximum atomic E-state index is 12.5. The summed E-state index contributed by atoms with van der Waals surface area (Å²) in [5, 5.41) is 2.10. The van der Waals surface area contributed by atoms with Crippen LogP contribution in [0.5, 0.6) is 0 Å². The lowest BCUT2D eigenvalue weighted by Crippen LogP contribution is -2.86. The van der Waals surface area contributed by atoms with Crippen LogP contribution >= 0.6 is 11.3 Å². The number of hydrogen-bond donors (Lipinski definition) is 1. The van der Waals surface area contributed by atoms with Crippen molar-refractivity contribution in [2.75, 3.05) is 13.1 Å². The number of benzene rings is 1. The van der Waals surface area contributed by atoms with E-state index in [9.17, 15) is 4.79 Å². The molecule has 4 heteroatoms. The Morgan fingerprint density at radius 1 is 1.14 bits per heavy atom. The topological polar surface area (TPSA) is 36.9 Å². The summed E-state index contributed by atoms with van der Waals surface area (Å²) in [5.41, 5.74) is 1.18. The van der Waals surface area contributed by atoms with E-state index >= 15 is 0 Å². The number of amides is 1. The van der Waals surface area contributed by atoms with Crippen molar-refractivity contribution in [1.29, 1.82) is 0 Å². The lowest BCUT2D eigenvalue weighted by Gasteiger charge is -2.21. The zero-order valence-corrected chi connectivity index (χ0v) is 14.2. The van der Waals surface area contributed by atoms with Crippen molar-refractivity contribution in [2.24, 2.45) is 0 Å². The molecule has 2 N–H and O–H groups in total. The van der Waals surface area contributed by atoms with Gasteiger partial charge in [-0.3, -0.25) is 4.79 Å². The first-order chi connectivity index (χ1) is 10.7. The molecule has 0 atom stereocenters. The summed E-state index contributed by atoms with van der Waals surface area (Å²) in [6.45, 7) is 7.15. The largest absolute Gasteiger partial charge is 0.338 e. The maximum Gasteiger partial charge on any atom is 0.278 e. The van der Waals surface area contributed by atoms with Crippen LogP contribution in [0.25, 0.3) is 0 Å². The Morgan fingerprint density at radius 2 is 1.91 bits per heavy atom. The highest BCUT2D eigenvalue weighted by atomic mass is 32.1. The van der Waals surface area contributed by atoms with Crippen LogP contribution in [-0.4, -0.2) is 23.9 Å². The third kappa shape index (κ3) is 5.28. The Bertz CT molecular complexity index is 580. The van der Waals surface area contributed by atoms with E-state index in [1.165, 1.54) is 15.3 Å². The van der Waals surface area contributed by atoms with Crippen LogP contribution in [-0.2, 0) is 17.9 Å². The predicted molar refractivity (Wildman–Crippen MR) is 91.7 cm³/mol. The number of quaternary nitrogens is 1. The number of nitrogens with two attached hydrogens (primary N) is 1. The summed E-state index contributed by atoms with van der Waals surface area (Å²) in [5.74, 6) is 0.211. The molecule has 2 rings (SSSR count). The molecule has 0 saturated carbocycles. The lowest BCUT2D eigenvalue weighted by molar-refractivity contribution is -0.644. The van der Waals surface area contributed by atoms with Gasteiger partial charge < -0.3 is 10.2 Å². The minimum Gasteiger partial charge on any atom is -0.338 e. The number of aryl methyl sites for hydroxylation is 1. The van der Waals surface area contributed by atoms with Gasteiger partial charge >= 0.3 is 0 Å². The number of nitrogens with zero attached hydrogens (tertiary/aromatic N) is 1. The van der Waals surface area contributed by atoms with Crippen molar-refractivity contribution in [2.45, 2.75) is 33.4 Å². The molecule has 1 aromatic heterocycles. The van der Waals surface area contributed by atoms with E-state index in [1.807, 2.05) is 23.1 Å². The first kappa shape index (κ1) is 16.7. The van der Waals surface area contributed by atoms with Crippen LogP contribution in [0.15, 0.2) is 42.5 Å².